The summed E-state index contributed by atoms with van der Waals surface area (Å²) in [6.07, 6.45) is 1.20. The number of rotatable bonds is 2. The van der Waals surface area contributed by atoms with Gasteiger partial charge >= 0.3 is 0 Å². The molecule has 3 atom stereocenters. The van der Waals surface area contributed by atoms with E-state index in [4.69, 9.17) is 9.47 Å². The minimum Gasteiger partial charge on any atom is -0.373 e. The zero-order chi connectivity index (χ0) is 8.27. The Hall–Kier alpha value is -0.120. The molecule has 3 nitrogen and oxygen atoms in total. The minimum absolute atomic E-state index is 0.115. The average Bonchev–Trinajstić information content (AvgIpc) is 1.95. The normalized spacial score (nSPS) is 39.0. The highest BCUT2D eigenvalue weighted by molar-refractivity contribution is 4.70. The molecular weight excluding hydrogens is 144 g/mol. The Morgan fingerprint density at radius 2 is 2.27 bits per heavy atom. The van der Waals surface area contributed by atoms with E-state index in [1.165, 1.54) is 0 Å². The van der Waals surface area contributed by atoms with Crippen LogP contribution >= 0.6 is 0 Å². The molecule has 0 aromatic carbocycles. The fourth-order valence-corrected chi connectivity index (χ4v) is 1.31. The molecule has 11 heavy (non-hydrogen) atoms. The Kier molecular flexibility index (Phi) is 3.30. The first-order chi connectivity index (χ1) is 5.24. The quantitative estimate of drug-likeness (QED) is 0.652. The van der Waals surface area contributed by atoms with Gasteiger partial charge in [-0.05, 0) is 26.7 Å². The molecule has 1 N–H and O–H groups in total. The molecule has 1 unspecified atom stereocenters. The monoisotopic (exact) mass is 160 g/mol. The SMILES string of the molecule is CCO[C@@H]1CC[C@@H](C)OC1O. The molecule has 0 bridgehead atoms. The largest absolute Gasteiger partial charge is 0.373 e. The topological polar surface area (TPSA) is 38.7 Å². The molecule has 1 aliphatic heterocycles. The Bertz CT molecular complexity index is 116. The zero-order valence-electron chi connectivity index (χ0n) is 7.12. The molecule has 66 valence electrons. The van der Waals surface area contributed by atoms with Crippen LogP contribution in [0.4, 0.5) is 0 Å². The van der Waals surface area contributed by atoms with E-state index in [0.717, 1.165) is 12.8 Å². The lowest BCUT2D eigenvalue weighted by Crippen LogP contribution is -2.39. The lowest BCUT2D eigenvalue weighted by molar-refractivity contribution is -0.223. The summed E-state index contributed by atoms with van der Waals surface area (Å²) in [6.45, 7) is 4.52. The second-order valence-electron chi connectivity index (χ2n) is 2.91. The Labute approximate surface area is 67.3 Å². The number of ether oxygens (including phenoxy) is 2. The van der Waals surface area contributed by atoms with E-state index in [-0.39, 0.29) is 12.2 Å². The highest BCUT2D eigenvalue weighted by atomic mass is 16.6. The number of hydrogen-bond acceptors (Lipinski definition) is 3. The summed E-state index contributed by atoms with van der Waals surface area (Å²) in [5.74, 6) is 0. The summed E-state index contributed by atoms with van der Waals surface area (Å²) >= 11 is 0. The van der Waals surface area contributed by atoms with Crippen LogP contribution in [0.2, 0.25) is 0 Å². The first-order valence-electron chi connectivity index (χ1n) is 4.19. The van der Waals surface area contributed by atoms with Gasteiger partial charge in [-0.2, -0.15) is 0 Å². The van der Waals surface area contributed by atoms with E-state index < -0.39 is 6.29 Å². The summed E-state index contributed by atoms with van der Waals surface area (Å²) in [4.78, 5) is 0. The van der Waals surface area contributed by atoms with Crippen molar-refractivity contribution in [2.24, 2.45) is 0 Å². The van der Waals surface area contributed by atoms with Crippen LogP contribution in [0, 0.1) is 0 Å². The smallest absolute Gasteiger partial charge is 0.181 e. The summed E-state index contributed by atoms with van der Waals surface area (Å²) in [6, 6.07) is 0. The van der Waals surface area contributed by atoms with Crippen molar-refractivity contribution in [2.45, 2.75) is 45.2 Å². The Morgan fingerprint density at radius 3 is 2.82 bits per heavy atom. The van der Waals surface area contributed by atoms with Crippen LogP contribution in [0.25, 0.3) is 0 Å². The first-order valence-corrected chi connectivity index (χ1v) is 4.19. The third kappa shape index (κ3) is 2.43. The van der Waals surface area contributed by atoms with Crippen LogP contribution < -0.4 is 0 Å². The van der Waals surface area contributed by atoms with E-state index >= 15 is 0 Å². The predicted octanol–water partition coefficient (Wildman–Crippen LogP) is 0.909. The van der Waals surface area contributed by atoms with Gasteiger partial charge in [-0.25, -0.2) is 0 Å². The molecule has 1 heterocycles. The summed E-state index contributed by atoms with van der Waals surface area (Å²) in [7, 11) is 0. The molecule has 3 heteroatoms. The average molecular weight is 160 g/mol. The van der Waals surface area contributed by atoms with E-state index in [2.05, 4.69) is 0 Å². The van der Waals surface area contributed by atoms with Crippen LogP contribution in [0.15, 0.2) is 0 Å². The maximum atomic E-state index is 9.32. The van der Waals surface area contributed by atoms with Gasteiger partial charge < -0.3 is 14.6 Å². The third-order valence-electron chi connectivity index (χ3n) is 1.93. The predicted molar refractivity (Wildman–Crippen MR) is 41.2 cm³/mol. The van der Waals surface area contributed by atoms with Crippen molar-refractivity contribution in [3.63, 3.8) is 0 Å². The number of aliphatic hydroxyl groups is 1. The van der Waals surface area contributed by atoms with Gasteiger partial charge in [-0.1, -0.05) is 0 Å². The molecule has 0 saturated carbocycles. The molecule has 1 rings (SSSR count). The third-order valence-corrected chi connectivity index (χ3v) is 1.93. The van der Waals surface area contributed by atoms with Gasteiger partial charge in [-0.15, -0.1) is 0 Å². The van der Waals surface area contributed by atoms with Crippen LogP contribution in [0.5, 0.6) is 0 Å². The van der Waals surface area contributed by atoms with E-state index in [0.29, 0.717) is 6.61 Å². The van der Waals surface area contributed by atoms with Crippen molar-refractivity contribution < 1.29 is 14.6 Å². The highest BCUT2D eigenvalue weighted by Gasteiger charge is 2.27. The molecular formula is C8H16O3. The molecule has 0 radical (unpaired) electrons. The van der Waals surface area contributed by atoms with Crippen molar-refractivity contribution in [2.75, 3.05) is 6.61 Å². The standard InChI is InChI=1S/C8H16O3/c1-3-10-7-5-4-6(2)11-8(7)9/h6-9H,3-5H2,1-2H3/t6-,7-,8?/m1/s1. The molecule has 0 aliphatic carbocycles. The van der Waals surface area contributed by atoms with Gasteiger partial charge in [-0.3, -0.25) is 0 Å². The van der Waals surface area contributed by atoms with Crippen LogP contribution in [0.3, 0.4) is 0 Å². The molecule has 0 spiro atoms. The van der Waals surface area contributed by atoms with Crippen molar-refractivity contribution >= 4 is 0 Å². The van der Waals surface area contributed by atoms with Crippen molar-refractivity contribution in [3.8, 4) is 0 Å². The lowest BCUT2D eigenvalue weighted by atomic mass is 10.1. The highest BCUT2D eigenvalue weighted by Crippen LogP contribution is 2.19. The van der Waals surface area contributed by atoms with Crippen LogP contribution in [0.1, 0.15) is 26.7 Å². The van der Waals surface area contributed by atoms with E-state index in [1.807, 2.05) is 13.8 Å². The molecule has 1 aliphatic rings. The van der Waals surface area contributed by atoms with Gasteiger partial charge in [0.15, 0.2) is 6.29 Å². The van der Waals surface area contributed by atoms with Gasteiger partial charge in [0.2, 0.25) is 0 Å². The summed E-state index contributed by atoms with van der Waals surface area (Å²) < 4.78 is 10.5. The second-order valence-corrected chi connectivity index (χ2v) is 2.91. The van der Waals surface area contributed by atoms with Crippen LogP contribution in [-0.4, -0.2) is 30.2 Å². The molecule has 0 amide bonds. The maximum absolute atomic E-state index is 9.32. The second kappa shape index (κ2) is 4.04. The van der Waals surface area contributed by atoms with Crippen molar-refractivity contribution in [1.82, 2.24) is 0 Å². The van der Waals surface area contributed by atoms with Crippen molar-refractivity contribution in [1.29, 1.82) is 0 Å². The molecule has 0 aromatic heterocycles. The van der Waals surface area contributed by atoms with Gasteiger partial charge in [0, 0.05) is 6.61 Å². The first kappa shape index (κ1) is 8.97. The Morgan fingerprint density at radius 1 is 1.55 bits per heavy atom. The number of aliphatic hydroxyl groups excluding tert-OH is 1. The lowest BCUT2D eigenvalue weighted by Gasteiger charge is -2.31. The molecule has 1 saturated heterocycles. The molecule has 0 aromatic rings. The van der Waals surface area contributed by atoms with Gasteiger partial charge in [0.05, 0.1) is 6.10 Å². The summed E-state index contributed by atoms with van der Waals surface area (Å²) in [5, 5.41) is 9.32. The molecule has 1 fully saturated rings. The van der Waals surface area contributed by atoms with Crippen LogP contribution in [-0.2, 0) is 9.47 Å². The fraction of sp³-hybridized carbons (Fsp3) is 1.00. The van der Waals surface area contributed by atoms with Crippen molar-refractivity contribution in [3.05, 3.63) is 0 Å². The minimum atomic E-state index is -0.723. The maximum Gasteiger partial charge on any atom is 0.181 e. The van der Waals surface area contributed by atoms with E-state index in [9.17, 15) is 5.11 Å². The summed E-state index contributed by atoms with van der Waals surface area (Å²) in [5.41, 5.74) is 0. The fourth-order valence-electron chi connectivity index (χ4n) is 1.31. The Balaban J connectivity index is 2.31. The number of hydrogen-bond donors (Lipinski definition) is 1. The van der Waals surface area contributed by atoms with E-state index in [1.54, 1.807) is 0 Å². The van der Waals surface area contributed by atoms with Gasteiger partial charge in [0.25, 0.3) is 0 Å². The zero-order valence-corrected chi connectivity index (χ0v) is 7.12. The van der Waals surface area contributed by atoms with Gasteiger partial charge in [0.1, 0.15) is 6.10 Å².